The maximum Gasteiger partial charge on any atom is 0.249 e. The third kappa shape index (κ3) is 5.14. The fraction of sp³-hybridized carbons (Fsp3) is 0.250. The number of hydrogen-bond donors (Lipinski definition) is 1. The molecule has 3 aromatic rings. The van der Waals surface area contributed by atoms with Gasteiger partial charge in [-0.15, -0.1) is 10.2 Å². The molecule has 1 atom stereocenters. The second-order valence-electron chi connectivity index (χ2n) is 6.43. The monoisotopic (exact) mass is 446 g/mol. The average Bonchev–Trinajstić information content (AvgIpc) is 3.18. The molecule has 158 valence electrons. The van der Waals surface area contributed by atoms with Crippen LogP contribution in [0.5, 0.6) is 5.75 Å². The Morgan fingerprint density at radius 2 is 1.80 bits per heavy atom. The average molecular weight is 447 g/mol. The predicted molar refractivity (Wildman–Crippen MR) is 118 cm³/mol. The van der Waals surface area contributed by atoms with Crippen LogP contribution >= 0.6 is 11.3 Å². The number of rotatable bonds is 8. The smallest absolute Gasteiger partial charge is 0.249 e. The fourth-order valence-electron chi connectivity index (χ4n) is 2.85. The van der Waals surface area contributed by atoms with Gasteiger partial charge >= 0.3 is 0 Å². The summed E-state index contributed by atoms with van der Waals surface area (Å²) >= 11 is 1.22. The van der Waals surface area contributed by atoms with Crippen LogP contribution in [0.15, 0.2) is 54.6 Å². The van der Waals surface area contributed by atoms with Crippen LogP contribution in [0.25, 0.3) is 10.6 Å². The van der Waals surface area contributed by atoms with Crippen LogP contribution in [0.1, 0.15) is 13.8 Å². The molecule has 0 spiro atoms. The van der Waals surface area contributed by atoms with Crippen LogP contribution in [0.2, 0.25) is 0 Å². The molecule has 0 bridgehead atoms. The van der Waals surface area contributed by atoms with Crippen molar-refractivity contribution in [3.8, 4) is 16.3 Å². The van der Waals surface area contributed by atoms with E-state index in [4.69, 9.17) is 4.74 Å². The molecule has 1 heterocycles. The van der Waals surface area contributed by atoms with Gasteiger partial charge in [0.2, 0.25) is 21.1 Å². The van der Waals surface area contributed by atoms with Gasteiger partial charge in [-0.25, -0.2) is 8.42 Å². The first kappa shape index (κ1) is 21.7. The third-order valence-corrected chi connectivity index (χ3v) is 6.30. The molecule has 0 saturated carbocycles. The molecule has 30 heavy (non-hydrogen) atoms. The Bertz CT molecular complexity index is 1100. The summed E-state index contributed by atoms with van der Waals surface area (Å²) < 4.78 is 31.3. The molecule has 2 aromatic carbocycles. The van der Waals surface area contributed by atoms with E-state index in [1.54, 1.807) is 24.3 Å². The summed E-state index contributed by atoms with van der Waals surface area (Å²) in [5, 5.41) is 11.7. The van der Waals surface area contributed by atoms with Gasteiger partial charge in [0.1, 0.15) is 16.8 Å². The van der Waals surface area contributed by atoms with Gasteiger partial charge in [-0.2, -0.15) is 0 Å². The molecule has 0 aliphatic carbocycles. The normalized spacial score (nSPS) is 12.2. The van der Waals surface area contributed by atoms with Crippen molar-refractivity contribution >= 4 is 38.1 Å². The number of ether oxygens (including phenoxy) is 1. The summed E-state index contributed by atoms with van der Waals surface area (Å²) in [6, 6.07) is 15.0. The van der Waals surface area contributed by atoms with E-state index < -0.39 is 22.0 Å². The van der Waals surface area contributed by atoms with E-state index in [9.17, 15) is 13.2 Å². The SMILES string of the molecule is CCOc1ccc(N([C@@H](C)C(=O)Nc2nnc(-c3ccccc3)s2)S(C)(=O)=O)cc1. The van der Waals surface area contributed by atoms with Crippen LogP contribution in [0.3, 0.4) is 0 Å². The van der Waals surface area contributed by atoms with Gasteiger partial charge in [0.15, 0.2) is 0 Å². The molecule has 0 aliphatic rings. The molecule has 8 nitrogen and oxygen atoms in total. The lowest BCUT2D eigenvalue weighted by atomic mass is 10.2. The highest BCUT2D eigenvalue weighted by atomic mass is 32.2. The zero-order valence-corrected chi connectivity index (χ0v) is 18.4. The molecular formula is C20H22N4O4S2. The van der Waals surface area contributed by atoms with Crippen molar-refractivity contribution in [3.05, 3.63) is 54.6 Å². The van der Waals surface area contributed by atoms with E-state index in [0.717, 1.165) is 16.1 Å². The molecule has 1 amide bonds. The molecule has 3 rings (SSSR count). The minimum atomic E-state index is -3.72. The molecule has 0 aliphatic heterocycles. The zero-order chi connectivity index (χ0) is 21.7. The molecular weight excluding hydrogens is 424 g/mol. The van der Waals surface area contributed by atoms with E-state index in [2.05, 4.69) is 15.5 Å². The van der Waals surface area contributed by atoms with Crippen LogP contribution in [-0.2, 0) is 14.8 Å². The number of aromatic nitrogens is 2. The number of amides is 1. The summed E-state index contributed by atoms with van der Waals surface area (Å²) in [7, 11) is -3.72. The summed E-state index contributed by atoms with van der Waals surface area (Å²) in [4.78, 5) is 12.8. The van der Waals surface area contributed by atoms with Crippen LogP contribution in [0.4, 0.5) is 10.8 Å². The first-order chi connectivity index (χ1) is 14.3. The standard InChI is InChI=1S/C20H22N4O4S2/c1-4-28-17-12-10-16(11-13-17)24(30(3,26)27)14(2)18(25)21-20-23-22-19(29-20)15-8-6-5-7-9-15/h5-14H,4H2,1-3H3,(H,21,23,25)/t14-/m0/s1. The van der Waals surface area contributed by atoms with Crippen molar-refractivity contribution in [2.45, 2.75) is 19.9 Å². The topological polar surface area (TPSA) is 101 Å². The molecule has 0 unspecified atom stereocenters. The summed E-state index contributed by atoms with van der Waals surface area (Å²) in [6.07, 6.45) is 1.06. The predicted octanol–water partition coefficient (Wildman–Crippen LogP) is 3.40. The molecule has 1 aromatic heterocycles. The summed E-state index contributed by atoms with van der Waals surface area (Å²) in [6.45, 7) is 3.88. The van der Waals surface area contributed by atoms with Crippen molar-refractivity contribution in [2.75, 3.05) is 22.5 Å². The highest BCUT2D eigenvalue weighted by Gasteiger charge is 2.29. The Balaban J connectivity index is 1.79. The molecule has 10 heteroatoms. The number of sulfonamides is 1. The van der Waals surface area contributed by atoms with Gasteiger partial charge in [0, 0.05) is 5.56 Å². The second kappa shape index (κ2) is 9.23. The number of anilines is 2. The Kier molecular flexibility index (Phi) is 6.68. The lowest BCUT2D eigenvalue weighted by molar-refractivity contribution is -0.116. The molecule has 0 radical (unpaired) electrons. The fourth-order valence-corrected chi connectivity index (χ4v) is 4.77. The van der Waals surface area contributed by atoms with Gasteiger partial charge in [0.05, 0.1) is 18.6 Å². The lowest BCUT2D eigenvalue weighted by Gasteiger charge is -2.28. The van der Waals surface area contributed by atoms with Gasteiger partial charge in [-0.05, 0) is 38.1 Å². The number of nitrogens with zero attached hydrogens (tertiary/aromatic N) is 3. The molecule has 0 fully saturated rings. The van der Waals surface area contributed by atoms with E-state index in [-0.39, 0.29) is 0 Å². The van der Waals surface area contributed by atoms with Crippen LogP contribution in [-0.4, -0.2) is 43.4 Å². The second-order valence-corrected chi connectivity index (χ2v) is 9.27. The van der Waals surface area contributed by atoms with Gasteiger partial charge in [0.25, 0.3) is 0 Å². The number of nitrogens with one attached hydrogen (secondary N) is 1. The maximum absolute atomic E-state index is 12.8. The number of carbonyl (C=O) groups is 1. The minimum Gasteiger partial charge on any atom is -0.494 e. The van der Waals surface area contributed by atoms with Gasteiger partial charge in [-0.1, -0.05) is 41.7 Å². The van der Waals surface area contributed by atoms with Crippen molar-refractivity contribution < 1.29 is 17.9 Å². The first-order valence-electron chi connectivity index (χ1n) is 9.21. The van der Waals surface area contributed by atoms with Crippen molar-refractivity contribution in [1.82, 2.24) is 10.2 Å². The van der Waals surface area contributed by atoms with E-state index in [0.29, 0.717) is 28.2 Å². The Morgan fingerprint density at radius 3 is 2.40 bits per heavy atom. The zero-order valence-electron chi connectivity index (χ0n) is 16.8. The van der Waals surface area contributed by atoms with E-state index >= 15 is 0 Å². The highest BCUT2D eigenvalue weighted by Crippen LogP contribution is 2.27. The largest absolute Gasteiger partial charge is 0.494 e. The third-order valence-electron chi connectivity index (χ3n) is 4.17. The molecule has 1 N–H and O–H groups in total. The van der Waals surface area contributed by atoms with E-state index in [1.165, 1.54) is 18.3 Å². The Hall–Kier alpha value is -2.98. The van der Waals surface area contributed by atoms with Gasteiger partial charge in [-0.3, -0.25) is 14.4 Å². The van der Waals surface area contributed by atoms with Crippen LogP contribution in [0, 0.1) is 0 Å². The lowest BCUT2D eigenvalue weighted by Crippen LogP contribution is -2.45. The summed E-state index contributed by atoms with van der Waals surface area (Å²) in [5.74, 6) is 0.110. The van der Waals surface area contributed by atoms with Crippen molar-refractivity contribution in [3.63, 3.8) is 0 Å². The Morgan fingerprint density at radius 1 is 1.13 bits per heavy atom. The van der Waals surface area contributed by atoms with Gasteiger partial charge < -0.3 is 4.74 Å². The Labute approximate surface area is 179 Å². The summed E-state index contributed by atoms with van der Waals surface area (Å²) in [5.41, 5.74) is 1.25. The maximum atomic E-state index is 12.8. The number of carbonyl (C=O) groups excluding carboxylic acids is 1. The number of benzene rings is 2. The van der Waals surface area contributed by atoms with E-state index in [1.807, 2.05) is 37.3 Å². The van der Waals surface area contributed by atoms with Crippen molar-refractivity contribution in [1.29, 1.82) is 0 Å². The number of hydrogen-bond acceptors (Lipinski definition) is 7. The quantitative estimate of drug-likeness (QED) is 0.569. The molecule has 0 saturated heterocycles. The first-order valence-corrected chi connectivity index (χ1v) is 11.9. The van der Waals surface area contributed by atoms with Crippen molar-refractivity contribution in [2.24, 2.45) is 0 Å². The minimum absolute atomic E-state index is 0.297. The van der Waals surface area contributed by atoms with Crippen LogP contribution < -0.4 is 14.4 Å². The highest BCUT2D eigenvalue weighted by molar-refractivity contribution is 7.92.